The monoisotopic (exact) mass is 441 g/mol. The highest BCUT2D eigenvalue weighted by Crippen LogP contribution is 2.32. The summed E-state index contributed by atoms with van der Waals surface area (Å²) in [5.74, 6) is -0.493. The van der Waals surface area contributed by atoms with E-state index in [-0.39, 0.29) is 23.0 Å². The molecule has 2 aromatic heterocycles. The maximum Gasteiger partial charge on any atom is 0.275 e. The summed E-state index contributed by atoms with van der Waals surface area (Å²) in [6.07, 6.45) is 5.34. The lowest BCUT2D eigenvalue weighted by atomic mass is 9.92. The third kappa shape index (κ3) is 4.67. The molecule has 3 heterocycles. The highest BCUT2D eigenvalue weighted by molar-refractivity contribution is 7.13. The molecule has 0 aliphatic carbocycles. The summed E-state index contributed by atoms with van der Waals surface area (Å²) in [6.45, 7) is 3.74. The first-order chi connectivity index (χ1) is 14.9. The SMILES string of the molecule is CC[C@@H]1C[C@H](N)CN(c2ccncc2NC(=O)c2csc(-c3cc(O)ccc3F)n2)C1. The van der Waals surface area contributed by atoms with Gasteiger partial charge in [0.25, 0.3) is 5.91 Å². The van der Waals surface area contributed by atoms with E-state index >= 15 is 0 Å². The first-order valence-electron chi connectivity index (χ1n) is 10.1. The lowest BCUT2D eigenvalue weighted by Gasteiger charge is -2.38. The van der Waals surface area contributed by atoms with Crippen molar-refractivity contribution in [1.82, 2.24) is 9.97 Å². The number of amides is 1. The molecule has 1 amide bonds. The van der Waals surface area contributed by atoms with Gasteiger partial charge in [0.15, 0.2) is 0 Å². The summed E-state index contributed by atoms with van der Waals surface area (Å²) >= 11 is 1.13. The fourth-order valence-corrected chi connectivity index (χ4v) is 4.68. The molecule has 1 fully saturated rings. The molecule has 2 atom stereocenters. The van der Waals surface area contributed by atoms with Gasteiger partial charge in [0.2, 0.25) is 0 Å². The Balaban J connectivity index is 1.55. The highest BCUT2D eigenvalue weighted by Gasteiger charge is 2.26. The molecule has 1 aliphatic rings. The van der Waals surface area contributed by atoms with Gasteiger partial charge < -0.3 is 21.1 Å². The minimum absolute atomic E-state index is 0.0669. The number of nitrogens with two attached hydrogens (primary N) is 1. The molecule has 0 radical (unpaired) electrons. The molecule has 162 valence electrons. The van der Waals surface area contributed by atoms with E-state index in [9.17, 15) is 14.3 Å². The van der Waals surface area contributed by atoms with Crippen LogP contribution in [-0.2, 0) is 0 Å². The van der Waals surface area contributed by atoms with Crippen LogP contribution >= 0.6 is 11.3 Å². The van der Waals surface area contributed by atoms with Crippen LogP contribution in [0.2, 0.25) is 0 Å². The Kier molecular flexibility index (Phi) is 6.15. The molecule has 0 spiro atoms. The summed E-state index contributed by atoms with van der Waals surface area (Å²) in [6, 6.07) is 5.67. The first kappa shape index (κ1) is 21.2. The van der Waals surface area contributed by atoms with Crippen molar-refractivity contribution in [2.45, 2.75) is 25.8 Å². The van der Waals surface area contributed by atoms with Crippen molar-refractivity contribution < 1.29 is 14.3 Å². The van der Waals surface area contributed by atoms with Crippen LogP contribution in [0.3, 0.4) is 0 Å². The molecule has 0 saturated carbocycles. The number of aromatic nitrogens is 2. The van der Waals surface area contributed by atoms with Gasteiger partial charge in [-0.2, -0.15) is 0 Å². The third-order valence-electron chi connectivity index (χ3n) is 5.45. The Labute approximate surface area is 183 Å². The van der Waals surface area contributed by atoms with Gasteiger partial charge in [0, 0.05) is 36.3 Å². The van der Waals surface area contributed by atoms with Gasteiger partial charge in [0.1, 0.15) is 22.3 Å². The number of hydrogen-bond donors (Lipinski definition) is 3. The van der Waals surface area contributed by atoms with Crippen molar-refractivity contribution in [1.29, 1.82) is 0 Å². The normalized spacial score (nSPS) is 18.7. The summed E-state index contributed by atoms with van der Waals surface area (Å²) < 4.78 is 14.1. The molecule has 4 N–H and O–H groups in total. The molecule has 1 saturated heterocycles. The Morgan fingerprint density at radius 2 is 2.23 bits per heavy atom. The van der Waals surface area contributed by atoms with E-state index in [2.05, 4.69) is 27.1 Å². The predicted molar refractivity (Wildman–Crippen MR) is 120 cm³/mol. The van der Waals surface area contributed by atoms with Gasteiger partial charge in [-0.1, -0.05) is 13.3 Å². The van der Waals surface area contributed by atoms with E-state index < -0.39 is 11.7 Å². The van der Waals surface area contributed by atoms with E-state index in [1.165, 1.54) is 18.2 Å². The fourth-order valence-electron chi connectivity index (χ4n) is 3.86. The summed E-state index contributed by atoms with van der Waals surface area (Å²) in [5, 5.41) is 14.4. The van der Waals surface area contributed by atoms with Crippen molar-refractivity contribution in [3.05, 3.63) is 53.6 Å². The van der Waals surface area contributed by atoms with Gasteiger partial charge in [0.05, 0.1) is 17.6 Å². The highest BCUT2D eigenvalue weighted by atomic mass is 32.1. The van der Waals surface area contributed by atoms with Crippen molar-refractivity contribution in [3.8, 4) is 16.3 Å². The quantitative estimate of drug-likeness (QED) is 0.555. The Morgan fingerprint density at radius 3 is 3.03 bits per heavy atom. The van der Waals surface area contributed by atoms with Gasteiger partial charge in [-0.05, 0) is 36.6 Å². The molecule has 3 aromatic rings. The maximum absolute atomic E-state index is 14.1. The molecular weight excluding hydrogens is 417 g/mol. The molecule has 31 heavy (non-hydrogen) atoms. The molecule has 1 aromatic carbocycles. The average molecular weight is 442 g/mol. The number of phenols is 1. The molecular formula is C22H24FN5O2S. The van der Waals surface area contributed by atoms with Crippen LogP contribution in [0.25, 0.3) is 10.6 Å². The number of halogens is 1. The van der Waals surface area contributed by atoms with Crippen LogP contribution in [0.5, 0.6) is 5.75 Å². The van der Waals surface area contributed by atoms with E-state index in [0.717, 1.165) is 36.4 Å². The first-order valence-corrected chi connectivity index (χ1v) is 11.0. The van der Waals surface area contributed by atoms with Gasteiger partial charge in [-0.3, -0.25) is 9.78 Å². The third-order valence-corrected chi connectivity index (χ3v) is 6.33. The van der Waals surface area contributed by atoms with Crippen LogP contribution < -0.4 is 16.0 Å². The number of aromatic hydroxyl groups is 1. The average Bonchev–Trinajstić information content (AvgIpc) is 3.25. The van der Waals surface area contributed by atoms with Crippen LogP contribution in [0.15, 0.2) is 42.0 Å². The number of phenolic OH excluding ortho intramolecular Hbond substituents is 1. The zero-order valence-corrected chi connectivity index (χ0v) is 17.9. The number of anilines is 2. The van der Waals surface area contributed by atoms with E-state index in [0.29, 0.717) is 23.2 Å². The van der Waals surface area contributed by atoms with E-state index in [4.69, 9.17) is 5.73 Å². The molecule has 1 aliphatic heterocycles. The van der Waals surface area contributed by atoms with E-state index in [1.54, 1.807) is 17.8 Å². The van der Waals surface area contributed by atoms with Crippen LogP contribution in [0, 0.1) is 11.7 Å². The Hall–Kier alpha value is -3.04. The fraction of sp³-hybridized carbons (Fsp3) is 0.318. The number of carbonyl (C=O) groups excluding carboxylic acids is 1. The predicted octanol–water partition coefficient (Wildman–Crippen LogP) is 3.87. The Morgan fingerprint density at radius 1 is 1.39 bits per heavy atom. The number of rotatable bonds is 5. The summed E-state index contributed by atoms with van der Waals surface area (Å²) in [5.41, 5.74) is 8.01. The van der Waals surface area contributed by atoms with Crippen molar-refractivity contribution in [2.24, 2.45) is 11.7 Å². The number of nitrogens with zero attached hydrogens (tertiary/aromatic N) is 3. The number of pyridine rings is 1. The van der Waals surface area contributed by atoms with Gasteiger partial charge in [-0.25, -0.2) is 9.37 Å². The van der Waals surface area contributed by atoms with Gasteiger partial charge >= 0.3 is 0 Å². The van der Waals surface area contributed by atoms with Crippen molar-refractivity contribution >= 4 is 28.6 Å². The maximum atomic E-state index is 14.1. The van der Waals surface area contributed by atoms with E-state index in [1.807, 2.05) is 6.07 Å². The molecule has 4 rings (SSSR count). The number of hydrogen-bond acceptors (Lipinski definition) is 7. The second-order valence-electron chi connectivity index (χ2n) is 7.72. The topological polar surface area (TPSA) is 104 Å². The number of carbonyl (C=O) groups is 1. The second-order valence-corrected chi connectivity index (χ2v) is 8.58. The zero-order chi connectivity index (χ0) is 22.0. The standard InChI is InChI=1S/C22H24FN5O2S/c1-2-13-7-14(24)11-28(10-13)20-5-6-25-9-18(20)26-21(30)19-12-31-22(27-19)16-8-15(29)3-4-17(16)23/h3-6,8-9,12-14,29H,2,7,10-11,24H2,1H3,(H,26,30)/t13-,14+/m1/s1. The van der Waals surface area contributed by atoms with Crippen LogP contribution in [0.1, 0.15) is 30.3 Å². The minimum Gasteiger partial charge on any atom is -0.508 e. The largest absolute Gasteiger partial charge is 0.508 e. The lowest BCUT2D eigenvalue weighted by Crippen LogP contribution is -2.47. The molecule has 0 bridgehead atoms. The number of piperidine rings is 1. The van der Waals surface area contributed by atoms with Crippen LogP contribution in [0.4, 0.5) is 15.8 Å². The van der Waals surface area contributed by atoms with Gasteiger partial charge in [-0.15, -0.1) is 11.3 Å². The zero-order valence-electron chi connectivity index (χ0n) is 17.1. The van der Waals surface area contributed by atoms with Crippen LogP contribution in [-0.4, -0.2) is 40.1 Å². The number of nitrogens with one attached hydrogen (secondary N) is 1. The smallest absolute Gasteiger partial charge is 0.275 e. The number of benzene rings is 1. The lowest BCUT2D eigenvalue weighted by molar-refractivity contribution is 0.102. The Bertz CT molecular complexity index is 1090. The van der Waals surface area contributed by atoms with Crippen molar-refractivity contribution in [3.63, 3.8) is 0 Å². The molecule has 0 unspecified atom stereocenters. The molecule has 7 nitrogen and oxygen atoms in total. The molecule has 9 heteroatoms. The minimum atomic E-state index is -0.513. The summed E-state index contributed by atoms with van der Waals surface area (Å²) in [7, 11) is 0. The number of thiazole rings is 1. The summed E-state index contributed by atoms with van der Waals surface area (Å²) in [4.78, 5) is 23.4. The van der Waals surface area contributed by atoms with Crippen molar-refractivity contribution in [2.75, 3.05) is 23.3 Å². The second kappa shape index (κ2) is 8.99.